The first-order valence-corrected chi connectivity index (χ1v) is 7.80. The van der Waals surface area contributed by atoms with Crippen molar-refractivity contribution in [2.24, 2.45) is 0 Å². The molecule has 5 heteroatoms. The number of fused-ring (bicyclic) bond motifs is 1. The molecule has 0 bridgehead atoms. The zero-order chi connectivity index (χ0) is 15.5. The van der Waals surface area contributed by atoms with E-state index in [0.717, 1.165) is 48.4 Å². The van der Waals surface area contributed by atoms with Crippen molar-refractivity contribution in [2.75, 3.05) is 25.0 Å². The van der Waals surface area contributed by atoms with E-state index in [-0.39, 0.29) is 5.91 Å². The van der Waals surface area contributed by atoms with Crippen LogP contribution >= 0.6 is 0 Å². The van der Waals surface area contributed by atoms with Crippen molar-refractivity contribution in [1.29, 1.82) is 0 Å². The summed E-state index contributed by atoms with van der Waals surface area (Å²) in [6.45, 7) is 4.56. The molecule has 1 aromatic carbocycles. The summed E-state index contributed by atoms with van der Waals surface area (Å²) in [6.07, 6.45) is 3.77. The van der Waals surface area contributed by atoms with Crippen LogP contribution in [0.4, 0.5) is 5.69 Å². The van der Waals surface area contributed by atoms with Crippen LogP contribution < -0.4 is 4.90 Å². The molecule has 1 aliphatic heterocycles. The molecule has 3 rings (SSSR count). The number of carbonyl (C=O) groups excluding carboxylic acids is 1. The summed E-state index contributed by atoms with van der Waals surface area (Å²) in [4.78, 5) is 16.7. The standard InChI is InChI=1S/C17H22N4O/c1-3-9-20(2)15-6-4-13(5-7-15)17(22)21-10-8-16-14(12-21)11-18-19-16/h4-7,11H,3,8-10,12H2,1-2H3,(H,18,19). The van der Waals surface area contributed by atoms with Crippen LogP contribution in [-0.2, 0) is 13.0 Å². The smallest absolute Gasteiger partial charge is 0.254 e. The largest absolute Gasteiger partial charge is 0.375 e. The molecule has 0 radical (unpaired) electrons. The van der Waals surface area contributed by atoms with Gasteiger partial charge in [-0.3, -0.25) is 9.89 Å². The molecule has 2 aromatic rings. The molecule has 0 saturated carbocycles. The van der Waals surface area contributed by atoms with Gasteiger partial charge >= 0.3 is 0 Å². The van der Waals surface area contributed by atoms with Gasteiger partial charge in [-0.2, -0.15) is 5.10 Å². The monoisotopic (exact) mass is 298 g/mol. The van der Waals surface area contributed by atoms with E-state index in [9.17, 15) is 4.79 Å². The normalized spacial score (nSPS) is 13.8. The maximum Gasteiger partial charge on any atom is 0.254 e. The molecule has 0 aliphatic carbocycles. The first kappa shape index (κ1) is 14.6. The summed E-state index contributed by atoms with van der Waals surface area (Å²) >= 11 is 0. The van der Waals surface area contributed by atoms with Crippen molar-refractivity contribution in [1.82, 2.24) is 15.1 Å². The lowest BCUT2D eigenvalue weighted by Gasteiger charge is -2.27. The molecule has 0 atom stereocenters. The maximum atomic E-state index is 12.6. The minimum Gasteiger partial charge on any atom is -0.375 e. The Morgan fingerprint density at radius 3 is 2.86 bits per heavy atom. The molecule has 1 amide bonds. The van der Waals surface area contributed by atoms with Crippen LogP contribution in [0.15, 0.2) is 30.5 Å². The highest BCUT2D eigenvalue weighted by atomic mass is 16.2. The highest BCUT2D eigenvalue weighted by Crippen LogP contribution is 2.20. The van der Waals surface area contributed by atoms with E-state index in [0.29, 0.717) is 6.54 Å². The Balaban J connectivity index is 1.70. The molecule has 0 fully saturated rings. The van der Waals surface area contributed by atoms with Gasteiger partial charge in [0.25, 0.3) is 5.91 Å². The van der Waals surface area contributed by atoms with E-state index in [1.54, 1.807) is 0 Å². The van der Waals surface area contributed by atoms with Crippen molar-refractivity contribution < 1.29 is 4.79 Å². The van der Waals surface area contributed by atoms with Gasteiger partial charge in [0.1, 0.15) is 0 Å². The van der Waals surface area contributed by atoms with Crippen molar-refractivity contribution in [2.45, 2.75) is 26.3 Å². The lowest BCUT2D eigenvalue weighted by Crippen LogP contribution is -2.35. The molecule has 1 N–H and O–H groups in total. The summed E-state index contributed by atoms with van der Waals surface area (Å²) in [5.41, 5.74) is 4.18. The third-order valence-corrected chi connectivity index (χ3v) is 4.20. The number of nitrogens with zero attached hydrogens (tertiary/aromatic N) is 3. The number of hydrogen-bond donors (Lipinski definition) is 1. The highest BCUT2D eigenvalue weighted by molar-refractivity contribution is 5.94. The Labute approximate surface area is 130 Å². The summed E-state index contributed by atoms with van der Waals surface area (Å²) in [6, 6.07) is 7.90. The second kappa shape index (κ2) is 6.22. The van der Waals surface area contributed by atoms with Gasteiger partial charge in [-0.1, -0.05) is 6.92 Å². The number of rotatable bonds is 4. The van der Waals surface area contributed by atoms with Crippen LogP contribution in [0.5, 0.6) is 0 Å². The van der Waals surface area contributed by atoms with Crippen LogP contribution in [-0.4, -0.2) is 41.1 Å². The number of anilines is 1. The Bertz CT molecular complexity index is 647. The molecule has 1 aliphatic rings. The first-order chi connectivity index (χ1) is 10.7. The van der Waals surface area contributed by atoms with E-state index in [2.05, 4.69) is 29.1 Å². The first-order valence-electron chi connectivity index (χ1n) is 7.80. The number of aromatic nitrogens is 2. The second-order valence-electron chi connectivity index (χ2n) is 5.82. The van der Waals surface area contributed by atoms with Gasteiger partial charge in [-0.25, -0.2) is 0 Å². The fourth-order valence-electron chi connectivity index (χ4n) is 2.90. The fourth-order valence-corrected chi connectivity index (χ4v) is 2.90. The van der Waals surface area contributed by atoms with Crippen molar-refractivity contribution in [3.8, 4) is 0 Å². The van der Waals surface area contributed by atoms with E-state index in [1.165, 1.54) is 0 Å². The molecule has 5 nitrogen and oxygen atoms in total. The number of carbonyl (C=O) groups is 1. The predicted octanol–water partition coefficient (Wildman–Crippen LogP) is 2.45. The van der Waals surface area contributed by atoms with E-state index in [1.807, 2.05) is 35.4 Å². The maximum absolute atomic E-state index is 12.6. The van der Waals surface area contributed by atoms with Crippen LogP contribution in [0.1, 0.15) is 35.0 Å². The topological polar surface area (TPSA) is 52.2 Å². The molecular weight excluding hydrogens is 276 g/mol. The van der Waals surface area contributed by atoms with Gasteiger partial charge in [0.05, 0.1) is 6.20 Å². The Morgan fingerprint density at radius 1 is 1.36 bits per heavy atom. The zero-order valence-corrected chi connectivity index (χ0v) is 13.2. The Morgan fingerprint density at radius 2 is 2.14 bits per heavy atom. The summed E-state index contributed by atoms with van der Waals surface area (Å²) < 4.78 is 0. The molecule has 0 spiro atoms. The minimum absolute atomic E-state index is 0.0940. The van der Waals surface area contributed by atoms with Crippen LogP contribution in [0.25, 0.3) is 0 Å². The van der Waals surface area contributed by atoms with Crippen LogP contribution in [0.3, 0.4) is 0 Å². The number of H-pyrrole nitrogens is 1. The van der Waals surface area contributed by atoms with Gasteiger partial charge in [0.2, 0.25) is 0 Å². The van der Waals surface area contributed by atoms with Gasteiger partial charge in [-0.15, -0.1) is 0 Å². The average Bonchev–Trinajstić information content (AvgIpc) is 3.02. The van der Waals surface area contributed by atoms with Gasteiger partial charge in [0, 0.05) is 55.6 Å². The minimum atomic E-state index is 0.0940. The van der Waals surface area contributed by atoms with E-state index >= 15 is 0 Å². The SMILES string of the molecule is CCCN(C)c1ccc(C(=O)N2CCc3[nH]ncc3C2)cc1. The highest BCUT2D eigenvalue weighted by Gasteiger charge is 2.22. The Kier molecular flexibility index (Phi) is 4.13. The number of benzene rings is 1. The molecule has 0 unspecified atom stereocenters. The molecular formula is C17H22N4O. The van der Waals surface area contributed by atoms with Crippen molar-refractivity contribution >= 4 is 11.6 Å². The van der Waals surface area contributed by atoms with Gasteiger partial charge in [-0.05, 0) is 30.7 Å². The van der Waals surface area contributed by atoms with E-state index in [4.69, 9.17) is 0 Å². The number of hydrogen-bond acceptors (Lipinski definition) is 3. The van der Waals surface area contributed by atoms with Crippen molar-refractivity contribution in [3.63, 3.8) is 0 Å². The number of nitrogens with one attached hydrogen (secondary N) is 1. The molecule has 22 heavy (non-hydrogen) atoms. The lowest BCUT2D eigenvalue weighted by atomic mass is 10.1. The number of aromatic amines is 1. The van der Waals surface area contributed by atoms with Gasteiger partial charge in [0.15, 0.2) is 0 Å². The summed E-state index contributed by atoms with van der Waals surface area (Å²) in [7, 11) is 2.07. The molecule has 1 aromatic heterocycles. The van der Waals surface area contributed by atoms with Crippen LogP contribution in [0.2, 0.25) is 0 Å². The van der Waals surface area contributed by atoms with Crippen molar-refractivity contribution in [3.05, 3.63) is 47.3 Å². The quantitative estimate of drug-likeness (QED) is 0.943. The second-order valence-corrected chi connectivity index (χ2v) is 5.82. The fraction of sp³-hybridized carbons (Fsp3) is 0.412. The molecule has 116 valence electrons. The predicted molar refractivity (Wildman–Crippen MR) is 87.0 cm³/mol. The zero-order valence-electron chi connectivity index (χ0n) is 13.2. The van der Waals surface area contributed by atoms with Gasteiger partial charge < -0.3 is 9.80 Å². The molecule has 2 heterocycles. The lowest BCUT2D eigenvalue weighted by molar-refractivity contribution is 0.0734. The number of amides is 1. The van der Waals surface area contributed by atoms with E-state index < -0.39 is 0 Å². The average molecular weight is 298 g/mol. The summed E-state index contributed by atoms with van der Waals surface area (Å²) in [5, 5.41) is 7.05. The van der Waals surface area contributed by atoms with Crippen LogP contribution in [0, 0.1) is 0 Å². The summed E-state index contributed by atoms with van der Waals surface area (Å²) in [5.74, 6) is 0.0940. The third kappa shape index (κ3) is 2.84. The Hall–Kier alpha value is -2.30. The third-order valence-electron chi connectivity index (χ3n) is 4.20. The molecule has 0 saturated heterocycles.